The number of piperidine rings is 1. The molecule has 1 fully saturated rings. The van der Waals surface area contributed by atoms with Crippen molar-refractivity contribution < 1.29 is 14.3 Å². The topological polar surface area (TPSA) is 89.5 Å². The Kier molecular flexibility index (Phi) is 7.04. The molecule has 0 aliphatic carbocycles. The summed E-state index contributed by atoms with van der Waals surface area (Å²) in [7, 11) is 1.52. The molecule has 1 aliphatic heterocycles. The number of nitrogens with one attached hydrogen (secondary N) is 1. The second-order valence-electron chi connectivity index (χ2n) is 7.68. The van der Waals surface area contributed by atoms with Crippen LogP contribution in [-0.2, 0) is 0 Å². The fourth-order valence-corrected chi connectivity index (χ4v) is 3.66. The van der Waals surface area contributed by atoms with Crippen molar-refractivity contribution in [2.45, 2.75) is 13.3 Å². The Bertz CT molecular complexity index is 1140. The van der Waals surface area contributed by atoms with E-state index in [2.05, 4.69) is 33.3 Å². The molecule has 2 amide bonds. The summed E-state index contributed by atoms with van der Waals surface area (Å²) >= 11 is 5.88. The third kappa shape index (κ3) is 5.98. The van der Waals surface area contributed by atoms with Crippen molar-refractivity contribution in [2.75, 3.05) is 25.5 Å². The van der Waals surface area contributed by atoms with Gasteiger partial charge in [-0.15, -0.1) is 0 Å². The van der Waals surface area contributed by atoms with Gasteiger partial charge in [-0.3, -0.25) is 5.32 Å². The summed E-state index contributed by atoms with van der Waals surface area (Å²) in [6.07, 6.45) is 7.44. The number of anilines is 1. The highest BCUT2D eigenvalue weighted by molar-refractivity contribution is 6.30. The minimum Gasteiger partial charge on any atom is -0.480 e. The van der Waals surface area contributed by atoms with Crippen molar-refractivity contribution >= 4 is 29.5 Å². The van der Waals surface area contributed by atoms with Gasteiger partial charge in [-0.2, -0.15) is 0 Å². The summed E-state index contributed by atoms with van der Waals surface area (Å²) in [5, 5.41) is 3.35. The van der Waals surface area contributed by atoms with E-state index in [1.165, 1.54) is 25.1 Å². The number of nitrogens with zero attached hydrogens (tertiary/aromatic N) is 4. The summed E-state index contributed by atoms with van der Waals surface area (Å²) in [5.41, 5.74) is 2.32. The average molecular weight is 466 g/mol. The van der Waals surface area contributed by atoms with Crippen LogP contribution in [0.2, 0.25) is 5.02 Å². The Hall–Kier alpha value is -3.65. The first-order valence-corrected chi connectivity index (χ1v) is 10.9. The molecule has 0 bridgehead atoms. The largest absolute Gasteiger partial charge is 0.480 e. The lowest BCUT2D eigenvalue weighted by Crippen LogP contribution is -2.42. The van der Waals surface area contributed by atoms with Gasteiger partial charge in [-0.05, 0) is 36.1 Å². The number of carbonyl (C=O) groups excluding carboxylic acids is 1. The lowest BCUT2D eigenvalue weighted by Gasteiger charge is -2.33. The standard InChI is InChI=1S/C24H24ClN5O3/c1-16-15-30(24(31)29-21-13-28-23(32-2)14-26-21)9-8-18(16)10-17-4-3-5-20(11-17)33-22-7-6-19(25)12-27-22/h3-7,10-14,16H,8-9,15H2,1-2H3,(H,26,29,31). The van der Waals surface area contributed by atoms with E-state index in [0.29, 0.717) is 41.4 Å². The number of benzene rings is 1. The van der Waals surface area contributed by atoms with E-state index in [-0.39, 0.29) is 11.9 Å². The van der Waals surface area contributed by atoms with Gasteiger partial charge < -0.3 is 14.4 Å². The highest BCUT2D eigenvalue weighted by atomic mass is 35.5. The normalized spacial score (nSPS) is 17.0. The van der Waals surface area contributed by atoms with Crippen LogP contribution in [-0.4, -0.2) is 46.1 Å². The molecular formula is C24H24ClN5O3. The van der Waals surface area contributed by atoms with E-state index in [1.54, 1.807) is 23.2 Å². The van der Waals surface area contributed by atoms with Gasteiger partial charge in [-0.1, -0.05) is 42.3 Å². The molecule has 33 heavy (non-hydrogen) atoms. The molecule has 4 rings (SSSR count). The van der Waals surface area contributed by atoms with Gasteiger partial charge in [0.1, 0.15) is 5.75 Å². The molecule has 1 aromatic carbocycles. The van der Waals surface area contributed by atoms with Gasteiger partial charge in [0.05, 0.1) is 24.5 Å². The van der Waals surface area contributed by atoms with Crippen LogP contribution in [0.25, 0.3) is 6.08 Å². The number of carbonyl (C=O) groups is 1. The van der Waals surface area contributed by atoms with E-state index in [9.17, 15) is 4.79 Å². The Labute approximate surface area is 197 Å². The summed E-state index contributed by atoms with van der Waals surface area (Å²) in [5.74, 6) is 2.19. The quantitative estimate of drug-likeness (QED) is 0.551. The van der Waals surface area contributed by atoms with Gasteiger partial charge in [0.15, 0.2) is 5.82 Å². The fraction of sp³-hybridized carbons (Fsp3) is 0.250. The number of methoxy groups -OCH3 is 1. The summed E-state index contributed by atoms with van der Waals surface area (Å²) < 4.78 is 10.8. The number of pyridine rings is 1. The van der Waals surface area contributed by atoms with Crippen LogP contribution >= 0.6 is 11.6 Å². The Morgan fingerprint density at radius 3 is 2.70 bits per heavy atom. The molecular weight excluding hydrogens is 442 g/mol. The Balaban J connectivity index is 1.37. The lowest BCUT2D eigenvalue weighted by molar-refractivity contribution is 0.197. The van der Waals surface area contributed by atoms with Crippen LogP contribution < -0.4 is 14.8 Å². The molecule has 1 N–H and O–H groups in total. The first-order valence-electron chi connectivity index (χ1n) is 10.5. The van der Waals surface area contributed by atoms with Gasteiger partial charge >= 0.3 is 6.03 Å². The molecule has 1 atom stereocenters. The number of rotatable bonds is 5. The zero-order chi connectivity index (χ0) is 23.2. The minimum atomic E-state index is -0.189. The smallest absolute Gasteiger partial charge is 0.323 e. The van der Waals surface area contributed by atoms with E-state index in [0.717, 1.165) is 12.0 Å². The second-order valence-corrected chi connectivity index (χ2v) is 8.12. The van der Waals surface area contributed by atoms with Crippen molar-refractivity contribution in [3.63, 3.8) is 0 Å². The second kappa shape index (κ2) is 10.3. The number of urea groups is 1. The number of hydrogen-bond acceptors (Lipinski definition) is 6. The summed E-state index contributed by atoms with van der Waals surface area (Å²) in [4.78, 5) is 26.8. The zero-order valence-electron chi connectivity index (χ0n) is 18.4. The third-order valence-corrected chi connectivity index (χ3v) is 5.51. The predicted molar refractivity (Wildman–Crippen MR) is 127 cm³/mol. The summed E-state index contributed by atoms with van der Waals surface area (Å²) in [6, 6.07) is 11.1. The molecule has 0 spiro atoms. The molecule has 1 aliphatic rings. The maximum Gasteiger partial charge on any atom is 0.323 e. The van der Waals surface area contributed by atoms with Crippen LogP contribution in [0.5, 0.6) is 17.5 Å². The minimum absolute atomic E-state index is 0.189. The lowest BCUT2D eigenvalue weighted by atomic mass is 9.91. The first-order chi connectivity index (χ1) is 16.0. The van der Waals surface area contributed by atoms with Gasteiger partial charge in [0.2, 0.25) is 11.8 Å². The highest BCUT2D eigenvalue weighted by Gasteiger charge is 2.24. The molecule has 170 valence electrons. The van der Waals surface area contributed by atoms with Gasteiger partial charge in [0.25, 0.3) is 0 Å². The van der Waals surface area contributed by atoms with E-state index in [1.807, 2.05) is 24.3 Å². The average Bonchev–Trinajstić information content (AvgIpc) is 2.82. The number of amides is 2. The summed E-state index contributed by atoms with van der Waals surface area (Å²) in [6.45, 7) is 3.36. The number of hydrogen-bond donors (Lipinski definition) is 1. The Morgan fingerprint density at radius 2 is 2.00 bits per heavy atom. The van der Waals surface area contributed by atoms with E-state index < -0.39 is 0 Å². The molecule has 0 saturated carbocycles. The zero-order valence-corrected chi connectivity index (χ0v) is 19.1. The molecule has 3 heterocycles. The maximum absolute atomic E-state index is 12.6. The highest BCUT2D eigenvalue weighted by Crippen LogP contribution is 2.27. The predicted octanol–water partition coefficient (Wildman–Crippen LogP) is 5.28. The molecule has 8 nitrogen and oxygen atoms in total. The molecule has 1 unspecified atom stereocenters. The number of aromatic nitrogens is 3. The van der Waals surface area contributed by atoms with Gasteiger partial charge in [0, 0.05) is 25.4 Å². The fourth-order valence-electron chi connectivity index (χ4n) is 3.55. The van der Waals surface area contributed by atoms with E-state index in [4.69, 9.17) is 21.1 Å². The molecule has 2 aromatic heterocycles. The van der Waals surface area contributed by atoms with Crippen molar-refractivity contribution in [3.8, 4) is 17.5 Å². The van der Waals surface area contributed by atoms with Gasteiger partial charge in [-0.25, -0.2) is 19.7 Å². The van der Waals surface area contributed by atoms with Crippen LogP contribution in [0.3, 0.4) is 0 Å². The number of ether oxygens (including phenoxy) is 2. The Morgan fingerprint density at radius 1 is 1.15 bits per heavy atom. The van der Waals surface area contributed by atoms with Crippen LogP contribution in [0.4, 0.5) is 10.6 Å². The van der Waals surface area contributed by atoms with Crippen LogP contribution in [0.15, 0.2) is 60.6 Å². The van der Waals surface area contributed by atoms with Crippen molar-refractivity contribution in [2.24, 2.45) is 5.92 Å². The molecule has 3 aromatic rings. The number of halogens is 1. The van der Waals surface area contributed by atoms with Crippen LogP contribution in [0.1, 0.15) is 18.9 Å². The monoisotopic (exact) mass is 465 g/mol. The van der Waals surface area contributed by atoms with E-state index >= 15 is 0 Å². The third-order valence-electron chi connectivity index (χ3n) is 5.29. The molecule has 0 radical (unpaired) electrons. The molecule has 9 heteroatoms. The first kappa shape index (κ1) is 22.5. The van der Waals surface area contributed by atoms with Crippen molar-refractivity contribution in [1.29, 1.82) is 0 Å². The SMILES string of the molecule is COc1cnc(NC(=O)N2CCC(=Cc3cccc(Oc4ccc(Cl)cn4)c3)C(C)C2)cn1. The van der Waals surface area contributed by atoms with Crippen LogP contribution in [0, 0.1) is 5.92 Å². The maximum atomic E-state index is 12.6. The van der Waals surface area contributed by atoms with Crippen molar-refractivity contribution in [3.05, 3.63) is 71.1 Å². The molecule has 1 saturated heterocycles. The number of likely N-dealkylation sites (tertiary alicyclic amines) is 1. The van der Waals surface area contributed by atoms with Crippen molar-refractivity contribution in [1.82, 2.24) is 19.9 Å².